The lowest BCUT2D eigenvalue weighted by Crippen LogP contribution is -2.34. The number of pyridine rings is 2. The van der Waals surface area contributed by atoms with Crippen LogP contribution in [0.15, 0.2) is 47.3 Å². The molecule has 8 nitrogen and oxygen atoms in total. The Hall–Kier alpha value is -3.91. The third-order valence-electron chi connectivity index (χ3n) is 8.03. The van der Waals surface area contributed by atoms with Gasteiger partial charge in [0.05, 0.1) is 24.8 Å². The van der Waals surface area contributed by atoms with E-state index in [0.717, 1.165) is 67.0 Å². The van der Waals surface area contributed by atoms with Crippen LogP contribution in [-0.2, 0) is 19.6 Å². The van der Waals surface area contributed by atoms with Crippen LogP contribution in [0.3, 0.4) is 0 Å². The van der Waals surface area contributed by atoms with Crippen molar-refractivity contribution in [3.8, 4) is 5.75 Å². The smallest absolute Gasteiger partial charge is 0.256 e. The summed E-state index contributed by atoms with van der Waals surface area (Å²) in [6.45, 7) is 12.0. The number of H-pyrrole nitrogens is 1. The van der Waals surface area contributed by atoms with Gasteiger partial charge in [-0.3, -0.25) is 19.5 Å². The Balaban J connectivity index is 1.30. The lowest BCUT2D eigenvalue weighted by molar-refractivity contribution is 0.0951. The van der Waals surface area contributed by atoms with E-state index in [4.69, 9.17) is 4.74 Å². The molecule has 2 N–H and O–H groups in total. The van der Waals surface area contributed by atoms with Crippen molar-refractivity contribution in [1.29, 1.82) is 0 Å². The van der Waals surface area contributed by atoms with Crippen molar-refractivity contribution in [1.82, 2.24) is 24.8 Å². The standard InChI is InChI=1S/C32H39N5O3/c1-20-14-25(15-21(2)34-20)18-36-12-10-24(11-13-36)19-37-23(4)30(26-8-6-7-9-28(26)37)32(39)33-17-27-29(40-5)16-22(3)35-31(27)38/h6-9,14-16,24H,10-13,17-19H2,1-5H3,(H,33,39)(H,35,38). The first-order valence-electron chi connectivity index (χ1n) is 14.0. The molecule has 210 valence electrons. The molecule has 0 unspecified atom stereocenters. The first-order valence-corrected chi connectivity index (χ1v) is 14.0. The van der Waals surface area contributed by atoms with Crippen LogP contribution in [0.2, 0.25) is 0 Å². The average molecular weight is 542 g/mol. The maximum absolute atomic E-state index is 13.5. The van der Waals surface area contributed by atoms with E-state index in [1.807, 2.05) is 25.1 Å². The molecular weight excluding hydrogens is 502 g/mol. The largest absolute Gasteiger partial charge is 0.496 e. The summed E-state index contributed by atoms with van der Waals surface area (Å²) in [7, 11) is 1.53. The summed E-state index contributed by atoms with van der Waals surface area (Å²) in [6, 6.07) is 14.2. The maximum Gasteiger partial charge on any atom is 0.256 e. The average Bonchev–Trinajstić information content (AvgIpc) is 3.19. The number of aromatic nitrogens is 3. The molecule has 40 heavy (non-hydrogen) atoms. The van der Waals surface area contributed by atoms with Gasteiger partial charge in [-0.25, -0.2) is 0 Å². The number of ether oxygens (including phenoxy) is 1. The van der Waals surface area contributed by atoms with Crippen LogP contribution in [0.4, 0.5) is 0 Å². The molecule has 1 amide bonds. The summed E-state index contributed by atoms with van der Waals surface area (Å²) in [5, 5.41) is 3.91. The molecule has 8 heteroatoms. The van der Waals surface area contributed by atoms with Crippen molar-refractivity contribution >= 4 is 16.8 Å². The molecule has 0 saturated carbocycles. The number of nitrogens with zero attached hydrogens (tertiary/aromatic N) is 3. The number of piperidine rings is 1. The van der Waals surface area contributed by atoms with Gasteiger partial charge in [-0.1, -0.05) is 18.2 Å². The molecule has 0 radical (unpaired) electrons. The van der Waals surface area contributed by atoms with Gasteiger partial charge >= 0.3 is 0 Å². The van der Waals surface area contributed by atoms with E-state index >= 15 is 0 Å². The third-order valence-corrected chi connectivity index (χ3v) is 8.03. The zero-order valence-electron chi connectivity index (χ0n) is 24.1. The topological polar surface area (TPSA) is 92.2 Å². The zero-order chi connectivity index (χ0) is 28.4. The predicted octanol–water partition coefficient (Wildman–Crippen LogP) is 4.81. The predicted molar refractivity (Wildman–Crippen MR) is 158 cm³/mol. The van der Waals surface area contributed by atoms with E-state index in [0.29, 0.717) is 28.5 Å². The highest BCUT2D eigenvalue weighted by Gasteiger charge is 2.25. The number of nitrogens with one attached hydrogen (secondary N) is 2. The monoisotopic (exact) mass is 541 g/mol. The Morgan fingerprint density at radius 1 is 1.07 bits per heavy atom. The summed E-state index contributed by atoms with van der Waals surface area (Å²) < 4.78 is 7.70. The molecule has 1 aliphatic rings. The summed E-state index contributed by atoms with van der Waals surface area (Å²) in [5.41, 5.74) is 7.03. The fraction of sp³-hybridized carbons (Fsp3) is 0.406. The second-order valence-electron chi connectivity index (χ2n) is 11.1. The number of aryl methyl sites for hydroxylation is 3. The molecule has 3 aromatic heterocycles. The normalized spacial score (nSPS) is 14.5. The maximum atomic E-state index is 13.5. The number of likely N-dealkylation sites (tertiary alicyclic amines) is 1. The second kappa shape index (κ2) is 11.7. The van der Waals surface area contributed by atoms with Crippen molar-refractivity contribution in [3.05, 3.63) is 92.3 Å². The summed E-state index contributed by atoms with van der Waals surface area (Å²) >= 11 is 0. The number of amides is 1. The van der Waals surface area contributed by atoms with E-state index in [1.165, 1.54) is 12.7 Å². The molecule has 0 bridgehead atoms. The zero-order valence-corrected chi connectivity index (χ0v) is 24.1. The number of fused-ring (bicyclic) bond motifs is 1. The van der Waals surface area contributed by atoms with E-state index in [1.54, 1.807) is 13.0 Å². The SMILES string of the molecule is COc1cc(C)[nH]c(=O)c1CNC(=O)c1c(C)n(CC2CCN(Cc3cc(C)nc(C)c3)CC2)c2ccccc12. The van der Waals surface area contributed by atoms with Gasteiger partial charge in [0, 0.05) is 46.8 Å². The van der Waals surface area contributed by atoms with Crippen molar-refractivity contribution < 1.29 is 9.53 Å². The molecular formula is C32H39N5O3. The Morgan fingerprint density at radius 2 is 1.77 bits per heavy atom. The van der Waals surface area contributed by atoms with Crippen molar-refractivity contribution in [2.45, 2.75) is 60.2 Å². The molecule has 1 aliphatic heterocycles. The van der Waals surface area contributed by atoms with E-state index in [9.17, 15) is 9.59 Å². The van der Waals surface area contributed by atoms with Crippen LogP contribution >= 0.6 is 0 Å². The number of aromatic amines is 1. The fourth-order valence-corrected chi connectivity index (χ4v) is 6.10. The van der Waals surface area contributed by atoms with Gasteiger partial charge in [-0.05, 0) is 89.4 Å². The van der Waals surface area contributed by atoms with Gasteiger partial charge in [-0.2, -0.15) is 0 Å². The minimum Gasteiger partial charge on any atom is -0.496 e. The second-order valence-corrected chi connectivity index (χ2v) is 11.1. The van der Waals surface area contributed by atoms with Crippen LogP contribution in [-0.4, -0.2) is 45.5 Å². The number of rotatable bonds is 8. The van der Waals surface area contributed by atoms with Gasteiger partial charge in [0.25, 0.3) is 11.5 Å². The molecule has 1 fully saturated rings. The van der Waals surface area contributed by atoms with E-state index < -0.39 is 0 Å². The minimum absolute atomic E-state index is 0.0888. The van der Waals surface area contributed by atoms with Gasteiger partial charge in [0.2, 0.25) is 0 Å². The van der Waals surface area contributed by atoms with E-state index in [-0.39, 0.29) is 18.0 Å². The van der Waals surface area contributed by atoms with Gasteiger partial charge in [0.15, 0.2) is 0 Å². The Morgan fingerprint density at radius 3 is 2.48 bits per heavy atom. The third kappa shape index (κ3) is 5.82. The lowest BCUT2D eigenvalue weighted by atomic mass is 9.96. The molecule has 1 saturated heterocycles. The number of carbonyl (C=O) groups excluding carboxylic acids is 1. The number of carbonyl (C=O) groups is 1. The van der Waals surface area contributed by atoms with Crippen LogP contribution < -0.4 is 15.6 Å². The number of methoxy groups -OCH3 is 1. The Bertz CT molecular complexity index is 1570. The van der Waals surface area contributed by atoms with Gasteiger partial charge in [0.1, 0.15) is 5.75 Å². The number of benzene rings is 1. The first kappa shape index (κ1) is 27.6. The van der Waals surface area contributed by atoms with Crippen molar-refractivity contribution in [3.63, 3.8) is 0 Å². The van der Waals surface area contributed by atoms with Crippen LogP contribution in [0.5, 0.6) is 5.75 Å². The molecule has 0 spiro atoms. The van der Waals surface area contributed by atoms with E-state index in [2.05, 4.69) is 56.8 Å². The molecule has 0 atom stereocenters. The first-order chi connectivity index (χ1) is 19.2. The highest BCUT2D eigenvalue weighted by Crippen LogP contribution is 2.29. The molecule has 1 aromatic carbocycles. The summed E-state index contributed by atoms with van der Waals surface area (Å²) in [6.07, 6.45) is 2.24. The van der Waals surface area contributed by atoms with Crippen LogP contribution in [0.25, 0.3) is 10.9 Å². The quantitative estimate of drug-likeness (QED) is 0.334. The summed E-state index contributed by atoms with van der Waals surface area (Å²) in [5.74, 6) is 0.825. The molecule has 4 heterocycles. The number of hydrogen-bond donors (Lipinski definition) is 2. The Labute approximate surface area is 235 Å². The van der Waals surface area contributed by atoms with Crippen LogP contribution in [0, 0.1) is 33.6 Å². The highest BCUT2D eigenvalue weighted by molar-refractivity contribution is 6.08. The van der Waals surface area contributed by atoms with Crippen molar-refractivity contribution in [2.24, 2.45) is 5.92 Å². The van der Waals surface area contributed by atoms with Gasteiger partial charge in [-0.15, -0.1) is 0 Å². The van der Waals surface area contributed by atoms with Crippen molar-refractivity contribution in [2.75, 3.05) is 20.2 Å². The molecule has 5 rings (SSSR count). The minimum atomic E-state index is -0.253. The Kier molecular flexibility index (Phi) is 8.07. The highest BCUT2D eigenvalue weighted by atomic mass is 16.5. The lowest BCUT2D eigenvalue weighted by Gasteiger charge is -2.32. The van der Waals surface area contributed by atoms with Crippen LogP contribution in [0.1, 0.15) is 57.1 Å². The number of hydrogen-bond acceptors (Lipinski definition) is 5. The number of para-hydroxylation sites is 1. The summed E-state index contributed by atoms with van der Waals surface area (Å²) in [4.78, 5) is 35.9. The fourth-order valence-electron chi connectivity index (χ4n) is 6.10. The molecule has 4 aromatic rings. The molecule has 0 aliphatic carbocycles. The van der Waals surface area contributed by atoms with Gasteiger partial charge < -0.3 is 19.6 Å².